The molecule has 4 heterocycles. The van der Waals surface area contributed by atoms with Crippen LogP contribution in [0.15, 0.2) is 55.0 Å². The molecule has 0 unspecified atom stereocenters. The van der Waals surface area contributed by atoms with Crippen molar-refractivity contribution in [3.63, 3.8) is 0 Å². The summed E-state index contributed by atoms with van der Waals surface area (Å²) in [5.74, 6) is -0.225. The molecule has 3 aromatic heterocycles. The summed E-state index contributed by atoms with van der Waals surface area (Å²) in [6, 6.07) is 9.21. The molecule has 4 rings (SSSR count). The third-order valence-corrected chi connectivity index (χ3v) is 4.24. The molecule has 1 fully saturated rings. The Kier molecular flexibility index (Phi) is 3.82. The summed E-state index contributed by atoms with van der Waals surface area (Å²) >= 11 is 0. The van der Waals surface area contributed by atoms with Gasteiger partial charge in [-0.15, -0.1) is 0 Å². The quantitative estimate of drug-likeness (QED) is 0.719. The van der Waals surface area contributed by atoms with Crippen LogP contribution in [0.25, 0.3) is 5.52 Å². The molecule has 1 aliphatic heterocycles. The molecule has 0 aromatic carbocycles. The van der Waals surface area contributed by atoms with Crippen molar-refractivity contribution >= 4 is 11.4 Å². The second kappa shape index (κ2) is 6.05. The number of alkyl halides is 3. The van der Waals surface area contributed by atoms with Crippen LogP contribution in [0.3, 0.4) is 0 Å². The fraction of sp³-hybridized carbons (Fsp3) is 0.222. The number of aromatic nitrogens is 2. The van der Waals surface area contributed by atoms with Crippen LogP contribution in [0.5, 0.6) is 5.88 Å². The number of ether oxygens (including phenoxy) is 1. The zero-order valence-electron chi connectivity index (χ0n) is 13.5. The van der Waals surface area contributed by atoms with E-state index in [0.29, 0.717) is 18.7 Å². The van der Waals surface area contributed by atoms with Crippen molar-refractivity contribution in [3.05, 3.63) is 66.1 Å². The second-order valence-electron chi connectivity index (χ2n) is 6.09. The summed E-state index contributed by atoms with van der Waals surface area (Å²) in [6.45, 7) is 0.617. The first-order chi connectivity index (χ1) is 12.4. The van der Waals surface area contributed by atoms with Crippen LogP contribution in [-0.4, -0.2) is 39.4 Å². The van der Waals surface area contributed by atoms with Gasteiger partial charge in [0.05, 0.1) is 24.2 Å². The summed E-state index contributed by atoms with van der Waals surface area (Å²) in [4.78, 5) is 17.9. The number of likely N-dealkylation sites (tertiary alicyclic amines) is 1. The van der Waals surface area contributed by atoms with Crippen LogP contribution in [0.2, 0.25) is 0 Å². The zero-order chi connectivity index (χ0) is 18.3. The standard InChI is InChI=1S/C18H14F3N3O2/c19-18(20,21)13-4-5-22-16(8-13)26-15-10-24(11-15)17(25)12-7-14-3-1-2-6-23(14)9-12/h1-9,15H,10-11H2. The van der Waals surface area contributed by atoms with E-state index < -0.39 is 11.7 Å². The Bertz CT molecular complexity index is 928. The number of nitrogens with zero attached hydrogens (tertiary/aromatic N) is 3. The van der Waals surface area contributed by atoms with Crippen molar-refractivity contribution in [2.24, 2.45) is 0 Å². The molecule has 1 aliphatic rings. The van der Waals surface area contributed by atoms with E-state index in [9.17, 15) is 18.0 Å². The van der Waals surface area contributed by atoms with E-state index in [1.54, 1.807) is 17.2 Å². The molecule has 3 aromatic rings. The number of hydrogen-bond acceptors (Lipinski definition) is 3. The number of hydrogen-bond donors (Lipinski definition) is 0. The van der Waals surface area contributed by atoms with Gasteiger partial charge in [0.15, 0.2) is 0 Å². The lowest BCUT2D eigenvalue weighted by molar-refractivity contribution is -0.137. The molecular weight excluding hydrogens is 347 g/mol. The zero-order valence-corrected chi connectivity index (χ0v) is 13.5. The molecule has 0 N–H and O–H groups in total. The van der Waals surface area contributed by atoms with Crippen molar-refractivity contribution < 1.29 is 22.7 Å². The van der Waals surface area contributed by atoms with Crippen molar-refractivity contribution in [2.45, 2.75) is 12.3 Å². The Labute approximate surface area is 146 Å². The maximum absolute atomic E-state index is 12.7. The first kappa shape index (κ1) is 16.4. The van der Waals surface area contributed by atoms with E-state index in [1.807, 2.05) is 28.8 Å². The average Bonchev–Trinajstić information content (AvgIpc) is 3.01. The van der Waals surface area contributed by atoms with Crippen LogP contribution in [0.4, 0.5) is 13.2 Å². The first-order valence-corrected chi connectivity index (χ1v) is 7.96. The molecule has 0 bridgehead atoms. The van der Waals surface area contributed by atoms with Crippen molar-refractivity contribution in [2.75, 3.05) is 13.1 Å². The van der Waals surface area contributed by atoms with Gasteiger partial charge in [0.2, 0.25) is 5.88 Å². The van der Waals surface area contributed by atoms with Gasteiger partial charge in [0, 0.05) is 30.2 Å². The Morgan fingerprint density at radius 1 is 1.19 bits per heavy atom. The summed E-state index contributed by atoms with van der Waals surface area (Å²) in [5.41, 5.74) is 0.666. The van der Waals surface area contributed by atoms with E-state index in [-0.39, 0.29) is 17.9 Å². The fourth-order valence-electron chi connectivity index (χ4n) is 2.85. The van der Waals surface area contributed by atoms with Crippen LogP contribution >= 0.6 is 0 Å². The highest BCUT2D eigenvalue weighted by molar-refractivity contribution is 5.96. The van der Waals surface area contributed by atoms with Gasteiger partial charge in [-0.3, -0.25) is 4.79 Å². The highest BCUT2D eigenvalue weighted by atomic mass is 19.4. The number of fused-ring (bicyclic) bond motifs is 1. The maximum Gasteiger partial charge on any atom is 0.416 e. The molecule has 134 valence electrons. The van der Waals surface area contributed by atoms with E-state index in [1.165, 1.54) is 0 Å². The minimum atomic E-state index is -4.44. The third kappa shape index (κ3) is 3.10. The van der Waals surface area contributed by atoms with Crippen molar-refractivity contribution in [1.29, 1.82) is 0 Å². The molecule has 26 heavy (non-hydrogen) atoms. The SMILES string of the molecule is O=C(c1cc2ccccn2c1)N1CC(Oc2cc(C(F)(F)F)ccn2)C1. The Morgan fingerprint density at radius 2 is 2.00 bits per heavy atom. The summed E-state index contributed by atoms with van der Waals surface area (Å²) in [5, 5.41) is 0. The molecule has 0 saturated carbocycles. The summed E-state index contributed by atoms with van der Waals surface area (Å²) in [6.07, 6.45) is -0.146. The number of halogens is 3. The van der Waals surface area contributed by atoms with Crippen LogP contribution < -0.4 is 4.74 Å². The molecule has 5 nitrogen and oxygen atoms in total. The van der Waals surface area contributed by atoms with Crippen LogP contribution in [0, 0.1) is 0 Å². The molecule has 0 spiro atoms. The summed E-state index contributed by atoms with van der Waals surface area (Å²) in [7, 11) is 0. The number of carbonyl (C=O) groups is 1. The highest BCUT2D eigenvalue weighted by Gasteiger charge is 2.35. The van der Waals surface area contributed by atoms with Gasteiger partial charge >= 0.3 is 6.18 Å². The minimum Gasteiger partial charge on any atom is -0.471 e. The van der Waals surface area contributed by atoms with E-state index >= 15 is 0 Å². The Balaban J connectivity index is 1.39. The number of pyridine rings is 2. The number of carbonyl (C=O) groups excluding carboxylic acids is 1. The topological polar surface area (TPSA) is 46.8 Å². The number of amides is 1. The predicted octanol–water partition coefficient (Wildman–Crippen LogP) is 3.26. The van der Waals surface area contributed by atoms with Gasteiger partial charge in [-0.25, -0.2) is 4.98 Å². The maximum atomic E-state index is 12.7. The van der Waals surface area contributed by atoms with Gasteiger partial charge in [0.25, 0.3) is 5.91 Å². The molecule has 1 saturated heterocycles. The molecule has 1 amide bonds. The molecule has 0 atom stereocenters. The molecular formula is C18H14F3N3O2. The lowest BCUT2D eigenvalue weighted by Crippen LogP contribution is -2.56. The monoisotopic (exact) mass is 361 g/mol. The average molecular weight is 361 g/mol. The largest absolute Gasteiger partial charge is 0.471 e. The lowest BCUT2D eigenvalue weighted by atomic mass is 10.1. The highest BCUT2D eigenvalue weighted by Crippen LogP contribution is 2.31. The fourth-order valence-corrected chi connectivity index (χ4v) is 2.85. The first-order valence-electron chi connectivity index (χ1n) is 7.96. The number of rotatable bonds is 3. The van der Waals surface area contributed by atoms with Crippen LogP contribution in [0.1, 0.15) is 15.9 Å². The molecule has 0 radical (unpaired) electrons. The van der Waals surface area contributed by atoms with Crippen molar-refractivity contribution in [3.8, 4) is 5.88 Å². The molecule has 8 heteroatoms. The Hall–Kier alpha value is -3.03. The lowest BCUT2D eigenvalue weighted by Gasteiger charge is -2.38. The van der Waals surface area contributed by atoms with Crippen LogP contribution in [-0.2, 0) is 6.18 Å². The van der Waals surface area contributed by atoms with E-state index in [0.717, 1.165) is 23.8 Å². The minimum absolute atomic E-state index is 0.0912. The van der Waals surface area contributed by atoms with E-state index in [2.05, 4.69) is 4.98 Å². The van der Waals surface area contributed by atoms with Crippen molar-refractivity contribution in [1.82, 2.24) is 14.3 Å². The van der Waals surface area contributed by atoms with Gasteiger partial charge in [-0.05, 0) is 24.3 Å². The second-order valence-corrected chi connectivity index (χ2v) is 6.09. The summed E-state index contributed by atoms with van der Waals surface area (Å²) < 4.78 is 45.4. The normalized spacial score (nSPS) is 15.1. The van der Waals surface area contributed by atoms with Gasteiger partial charge in [0.1, 0.15) is 6.10 Å². The van der Waals surface area contributed by atoms with Gasteiger partial charge < -0.3 is 14.0 Å². The Morgan fingerprint density at radius 3 is 2.73 bits per heavy atom. The smallest absolute Gasteiger partial charge is 0.416 e. The predicted molar refractivity (Wildman–Crippen MR) is 87.0 cm³/mol. The van der Waals surface area contributed by atoms with Gasteiger partial charge in [-0.1, -0.05) is 6.07 Å². The van der Waals surface area contributed by atoms with E-state index in [4.69, 9.17) is 4.74 Å². The molecule has 0 aliphatic carbocycles. The third-order valence-electron chi connectivity index (χ3n) is 4.24. The van der Waals surface area contributed by atoms with Gasteiger partial charge in [-0.2, -0.15) is 13.2 Å².